The molecule has 0 unspecified atom stereocenters. The topological polar surface area (TPSA) is 45.6 Å². The summed E-state index contributed by atoms with van der Waals surface area (Å²) in [4.78, 5) is 21.1. The molecule has 1 rings (SSSR count). The minimum atomic E-state index is -0.0415. The third kappa shape index (κ3) is 3.52. The summed E-state index contributed by atoms with van der Waals surface area (Å²) in [6.07, 6.45) is 8.35. The zero-order chi connectivity index (χ0) is 11.1. The lowest BCUT2D eigenvalue weighted by molar-refractivity contribution is 0.0968. The summed E-state index contributed by atoms with van der Waals surface area (Å²) in [5.41, 5.74) is 0. The van der Waals surface area contributed by atoms with Crippen LogP contribution in [0.1, 0.15) is 9.80 Å². The van der Waals surface area contributed by atoms with E-state index in [0.717, 1.165) is 0 Å². The van der Waals surface area contributed by atoms with Crippen molar-refractivity contribution in [1.82, 2.24) is 9.88 Å². The lowest BCUT2D eigenvalue weighted by Crippen LogP contribution is -2.29. The molecule has 5 heteroatoms. The molecule has 1 heterocycles. The molecule has 0 atom stereocenters. The van der Waals surface area contributed by atoms with Gasteiger partial charge >= 0.3 is 0 Å². The number of ketones is 1. The molecular weight excluding hydrogens is 210 g/mol. The number of terminal acetylenes is 1. The molecule has 78 valence electrons. The van der Waals surface area contributed by atoms with Gasteiger partial charge in [0.1, 0.15) is 0 Å². The lowest BCUT2D eigenvalue weighted by Gasteiger charge is -2.13. The van der Waals surface area contributed by atoms with E-state index in [1.807, 2.05) is 0 Å². The maximum absolute atomic E-state index is 11.6. The Morgan fingerprint density at radius 1 is 1.87 bits per heavy atom. The highest BCUT2D eigenvalue weighted by Crippen LogP contribution is 2.05. The molecule has 0 saturated carbocycles. The molecule has 0 bridgehead atoms. The van der Waals surface area contributed by atoms with Gasteiger partial charge in [0.2, 0.25) is 5.78 Å². The van der Waals surface area contributed by atoms with E-state index in [-0.39, 0.29) is 12.3 Å². The first-order chi connectivity index (χ1) is 7.27. The number of aromatic nitrogens is 1. The van der Waals surface area contributed by atoms with Crippen molar-refractivity contribution >= 4 is 23.5 Å². The molecule has 1 aromatic heterocycles. The van der Waals surface area contributed by atoms with E-state index in [1.165, 1.54) is 11.3 Å². The van der Waals surface area contributed by atoms with Crippen molar-refractivity contribution in [2.75, 3.05) is 20.1 Å². The quantitative estimate of drug-likeness (QED) is 0.321. The van der Waals surface area contributed by atoms with Gasteiger partial charge in [-0.05, 0) is 0 Å². The minimum absolute atomic E-state index is 0.0415. The molecule has 0 amide bonds. The largest absolute Gasteiger partial charge is 0.344 e. The van der Waals surface area contributed by atoms with Crippen molar-refractivity contribution in [3.63, 3.8) is 0 Å². The molecule has 1 aromatic rings. The van der Waals surface area contributed by atoms with E-state index in [4.69, 9.17) is 6.42 Å². The molecule has 0 aliphatic carbocycles. The Morgan fingerprint density at radius 3 is 3.20 bits per heavy atom. The normalized spacial score (nSPS) is 10.1. The van der Waals surface area contributed by atoms with E-state index in [2.05, 4.69) is 15.9 Å². The number of carbonyl (C=O) groups excluding carboxylic acids is 1. The molecule has 0 N–H and O–H groups in total. The first-order valence-electron chi connectivity index (χ1n) is 4.30. The van der Waals surface area contributed by atoms with Crippen LogP contribution in [-0.2, 0) is 0 Å². The summed E-state index contributed by atoms with van der Waals surface area (Å²) in [6, 6.07) is 0. The maximum atomic E-state index is 11.6. The number of thiazole rings is 1. The Bertz CT molecular complexity index is 378. The summed E-state index contributed by atoms with van der Waals surface area (Å²) in [5.74, 6) is 2.43. The summed E-state index contributed by atoms with van der Waals surface area (Å²) >= 11 is 1.33. The van der Waals surface area contributed by atoms with Crippen LogP contribution in [0.5, 0.6) is 0 Å². The molecule has 0 spiro atoms. The monoisotopic (exact) mass is 221 g/mol. The van der Waals surface area contributed by atoms with Crippen molar-refractivity contribution < 1.29 is 4.79 Å². The first-order valence-corrected chi connectivity index (χ1v) is 5.18. The average Bonchev–Trinajstić information content (AvgIpc) is 2.71. The zero-order valence-electron chi connectivity index (χ0n) is 8.38. The Kier molecular flexibility index (Phi) is 4.51. The van der Waals surface area contributed by atoms with Gasteiger partial charge in [0.05, 0.1) is 19.4 Å². The van der Waals surface area contributed by atoms with Gasteiger partial charge in [-0.3, -0.25) is 9.79 Å². The van der Waals surface area contributed by atoms with Crippen LogP contribution in [0, 0.1) is 12.3 Å². The predicted octanol–water partition coefficient (Wildman–Crippen LogP) is 0.919. The third-order valence-electron chi connectivity index (χ3n) is 1.59. The lowest BCUT2D eigenvalue weighted by atomic mass is 10.4. The van der Waals surface area contributed by atoms with Crippen LogP contribution in [0.4, 0.5) is 0 Å². The Labute approximate surface area is 92.7 Å². The van der Waals surface area contributed by atoms with Crippen LogP contribution < -0.4 is 0 Å². The van der Waals surface area contributed by atoms with E-state index >= 15 is 0 Å². The number of hydrogen-bond acceptors (Lipinski definition) is 4. The van der Waals surface area contributed by atoms with Crippen LogP contribution >= 0.6 is 11.3 Å². The average molecular weight is 221 g/mol. The molecular formula is C10H11N3OS. The second-order valence-electron chi connectivity index (χ2n) is 2.74. The molecule has 4 nitrogen and oxygen atoms in total. The third-order valence-corrected chi connectivity index (χ3v) is 2.40. The fraction of sp³-hybridized carbons (Fsp3) is 0.300. The minimum Gasteiger partial charge on any atom is -0.344 e. The van der Waals surface area contributed by atoms with E-state index in [1.54, 1.807) is 29.9 Å². The second-order valence-corrected chi connectivity index (χ2v) is 3.64. The van der Waals surface area contributed by atoms with E-state index < -0.39 is 0 Å². The highest BCUT2D eigenvalue weighted by Gasteiger charge is 2.11. The first kappa shape index (κ1) is 11.4. The standard InChI is InChI=1S/C10H11N3OS/c1-3-5-13(8-11-2)7-9(14)10-12-4-6-15-10/h1,4,6,8H,5,7H2,2H3. The van der Waals surface area contributed by atoms with Crippen LogP contribution in [0.3, 0.4) is 0 Å². The van der Waals surface area contributed by atoms with E-state index in [9.17, 15) is 4.79 Å². The number of rotatable bonds is 5. The molecule has 0 radical (unpaired) electrons. The Balaban J connectivity index is 2.59. The van der Waals surface area contributed by atoms with Crippen molar-refractivity contribution in [1.29, 1.82) is 0 Å². The fourth-order valence-corrected chi connectivity index (χ4v) is 1.60. The zero-order valence-corrected chi connectivity index (χ0v) is 9.20. The van der Waals surface area contributed by atoms with Gasteiger partial charge in [-0.25, -0.2) is 4.98 Å². The molecule has 0 aliphatic heterocycles. The van der Waals surface area contributed by atoms with Crippen molar-refractivity contribution in [2.24, 2.45) is 4.99 Å². The number of hydrogen-bond donors (Lipinski definition) is 0. The number of carbonyl (C=O) groups is 1. The van der Waals surface area contributed by atoms with Gasteiger partial charge in [0, 0.05) is 18.6 Å². The van der Waals surface area contributed by atoms with Crippen LogP contribution in [-0.4, -0.2) is 42.1 Å². The number of nitrogens with zero attached hydrogens (tertiary/aromatic N) is 3. The summed E-state index contributed by atoms with van der Waals surface area (Å²) in [5, 5.41) is 2.27. The van der Waals surface area contributed by atoms with Crippen molar-refractivity contribution in [3.8, 4) is 12.3 Å². The van der Waals surface area contributed by atoms with Gasteiger partial charge in [0.25, 0.3) is 0 Å². The summed E-state index contributed by atoms with van der Waals surface area (Å²) < 4.78 is 0. The summed E-state index contributed by atoms with van der Waals surface area (Å²) in [7, 11) is 1.64. The van der Waals surface area contributed by atoms with Crippen LogP contribution in [0.15, 0.2) is 16.6 Å². The predicted molar refractivity (Wildman–Crippen MR) is 61.3 cm³/mol. The Morgan fingerprint density at radius 2 is 2.67 bits per heavy atom. The van der Waals surface area contributed by atoms with Gasteiger partial charge in [-0.2, -0.15) is 0 Å². The second kappa shape index (κ2) is 5.94. The van der Waals surface area contributed by atoms with Crippen LogP contribution in [0.2, 0.25) is 0 Å². The van der Waals surface area contributed by atoms with Gasteiger partial charge in [0.15, 0.2) is 5.01 Å². The van der Waals surface area contributed by atoms with Gasteiger partial charge in [-0.15, -0.1) is 17.8 Å². The van der Waals surface area contributed by atoms with Crippen molar-refractivity contribution in [2.45, 2.75) is 0 Å². The fourth-order valence-electron chi connectivity index (χ4n) is 1.03. The summed E-state index contributed by atoms with van der Waals surface area (Å²) in [6.45, 7) is 0.587. The number of aliphatic imine (C=N–C) groups is 1. The molecule has 0 fully saturated rings. The van der Waals surface area contributed by atoms with Crippen molar-refractivity contribution in [3.05, 3.63) is 16.6 Å². The van der Waals surface area contributed by atoms with Gasteiger partial charge in [-0.1, -0.05) is 5.92 Å². The number of Topliss-reactive ketones (excluding diaryl/α,β-unsaturated/α-hetero) is 1. The van der Waals surface area contributed by atoms with E-state index in [0.29, 0.717) is 11.6 Å². The maximum Gasteiger partial charge on any atom is 0.210 e. The van der Waals surface area contributed by atoms with Gasteiger partial charge < -0.3 is 4.90 Å². The smallest absolute Gasteiger partial charge is 0.210 e. The Hall–Kier alpha value is -1.67. The molecule has 0 aliphatic rings. The molecule has 0 saturated heterocycles. The highest BCUT2D eigenvalue weighted by atomic mass is 32.1. The molecule has 15 heavy (non-hydrogen) atoms. The molecule has 0 aromatic carbocycles. The SMILES string of the molecule is C#CCN(C=NC)CC(=O)c1nccs1. The highest BCUT2D eigenvalue weighted by molar-refractivity contribution is 7.11. The van der Waals surface area contributed by atoms with Crippen LogP contribution in [0.25, 0.3) is 0 Å².